The molecular formula is C21H32N4O3. The molecule has 0 unspecified atom stereocenters. The smallest absolute Gasteiger partial charge is 0.268 e. The van der Waals surface area contributed by atoms with E-state index in [4.69, 9.17) is 16.2 Å². The first-order valence-electron chi connectivity index (χ1n) is 9.95. The van der Waals surface area contributed by atoms with Crippen LogP contribution in [0, 0.1) is 0 Å². The maximum absolute atomic E-state index is 11.3. The van der Waals surface area contributed by atoms with Gasteiger partial charge in [-0.1, -0.05) is 31.0 Å². The maximum atomic E-state index is 11.3. The average molecular weight is 389 g/mol. The highest BCUT2D eigenvalue weighted by molar-refractivity contribution is 5.90. The van der Waals surface area contributed by atoms with Crippen LogP contribution in [0.2, 0.25) is 0 Å². The number of aliphatic hydroxyl groups is 1. The number of aliphatic hydroxyl groups excluding tert-OH is 1. The molecule has 1 amide bonds. The summed E-state index contributed by atoms with van der Waals surface area (Å²) >= 11 is 0. The Morgan fingerprint density at radius 1 is 1.25 bits per heavy atom. The fraction of sp³-hybridized carbons (Fsp3) is 0.524. The number of nitrogens with two attached hydrogens (primary N) is 2. The van der Waals surface area contributed by atoms with Crippen molar-refractivity contribution < 1.29 is 14.6 Å². The molecule has 7 nitrogen and oxygen atoms in total. The first-order valence-corrected chi connectivity index (χ1v) is 9.95. The summed E-state index contributed by atoms with van der Waals surface area (Å²) in [5.74, 6) is 0.308. The summed E-state index contributed by atoms with van der Waals surface area (Å²) in [6.45, 7) is 3.16. The van der Waals surface area contributed by atoms with E-state index in [9.17, 15) is 9.90 Å². The summed E-state index contributed by atoms with van der Waals surface area (Å²) in [4.78, 5) is 15.3. The summed E-state index contributed by atoms with van der Waals surface area (Å²) in [6, 6.07) is 7.78. The molecule has 0 saturated carbocycles. The third kappa shape index (κ3) is 6.65. The Hall–Kier alpha value is -2.38. The second-order valence-corrected chi connectivity index (χ2v) is 7.08. The summed E-state index contributed by atoms with van der Waals surface area (Å²) in [6.07, 6.45) is 8.28. The number of imidazole rings is 1. The molecule has 5 N–H and O–H groups in total. The first-order chi connectivity index (χ1) is 13.5. The van der Waals surface area contributed by atoms with E-state index in [1.807, 2.05) is 24.3 Å². The van der Waals surface area contributed by atoms with Gasteiger partial charge in [-0.05, 0) is 50.8 Å². The number of primary amides is 1. The van der Waals surface area contributed by atoms with Crippen molar-refractivity contribution in [2.45, 2.75) is 57.6 Å². The molecule has 0 aliphatic rings. The molecular weight excluding hydrogens is 356 g/mol. The van der Waals surface area contributed by atoms with Gasteiger partial charge in [-0.25, -0.2) is 4.98 Å². The molecule has 7 heteroatoms. The van der Waals surface area contributed by atoms with Crippen LogP contribution in [0.4, 0.5) is 0 Å². The molecule has 0 aliphatic heterocycles. The molecule has 0 radical (unpaired) electrons. The monoisotopic (exact) mass is 388 g/mol. The number of aryl methyl sites for hydroxylation is 1. The maximum Gasteiger partial charge on any atom is 0.268 e. The van der Waals surface area contributed by atoms with E-state index in [0.717, 1.165) is 50.0 Å². The van der Waals surface area contributed by atoms with Gasteiger partial charge in [0.1, 0.15) is 11.4 Å². The predicted molar refractivity (Wildman–Crippen MR) is 109 cm³/mol. The van der Waals surface area contributed by atoms with E-state index in [1.165, 1.54) is 0 Å². The molecule has 2 rings (SSSR count). The number of nitrogens with zero attached hydrogens (tertiary/aromatic N) is 2. The number of para-hydroxylation sites is 1. The standard InChI is InChI=1S/C21H32N4O3/c1-16(26)19(25-14-18(21(23)27)24-15-25)11-10-17-8-4-5-9-20(17)28-13-7-3-2-6-12-22/h4-5,8-9,14-16,19,26H,2-3,6-7,10-13,22H2,1H3,(H2,23,27)/t16-,19+/m0/s1. The summed E-state index contributed by atoms with van der Waals surface area (Å²) < 4.78 is 7.73. The van der Waals surface area contributed by atoms with Crippen LogP contribution < -0.4 is 16.2 Å². The second kappa shape index (κ2) is 11.5. The lowest BCUT2D eigenvalue weighted by Gasteiger charge is -2.22. The molecule has 2 aromatic rings. The van der Waals surface area contributed by atoms with Crippen molar-refractivity contribution in [2.75, 3.05) is 13.2 Å². The lowest BCUT2D eigenvalue weighted by molar-refractivity contribution is 0.0994. The number of hydrogen-bond acceptors (Lipinski definition) is 5. The van der Waals surface area contributed by atoms with Crippen molar-refractivity contribution in [3.8, 4) is 5.75 Å². The van der Waals surface area contributed by atoms with Crippen LogP contribution in [0.5, 0.6) is 5.75 Å². The Labute approximate surface area is 166 Å². The molecule has 2 atom stereocenters. The van der Waals surface area contributed by atoms with E-state index in [-0.39, 0.29) is 11.7 Å². The van der Waals surface area contributed by atoms with E-state index in [1.54, 1.807) is 24.0 Å². The molecule has 0 bridgehead atoms. The minimum absolute atomic E-state index is 0.198. The Balaban J connectivity index is 1.94. The quantitative estimate of drug-likeness (QED) is 0.456. The lowest BCUT2D eigenvalue weighted by atomic mass is 10.0. The molecule has 0 saturated heterocycles. The van der Waals surface area contributed by atoms with Crippen molar-refractivity contribution >= 4 is 5.91 Å². The number of benzene rings is 1. The van der Waals surface area contributed by atoms with Crippen molar-refractivity contribution in [3.05, 3.63) is 48.0 Å². The molecule has 1 heterocycles. The van der Waals surface area contributed by atoms with E-state index >= 15 is 0 Å². The van der Waals surface area contributed by atoms with Gasteiger partial charge in [-0.2, -0.15) is 0 Å². The van der Waals surface area contributed by atoms with Crippen LogP contribution in [0.1, 0.15) is 61.1 Å². The number of ether oxygens (including phenoxy) is 1. The molecule has 154 valence electrons. The minimum Gasteiger partial charge on any atom is -0.493 e. The fourth-order valence-corrected chi connectivity index (χ4v) is 3.22. The van der Waals surface area contributed by atoms with Crippen LogP contribution in [0.25, 0.3) is 0 Å². The Morgan fingerprint density at radius 3 is 2.68 bits per heavy atom. The highest BCUT2D eigenvalue weighted by Gasteiger charge is 2.19. The largest absolute Gasteiger partial charge is 0.493 e. The molecule has 28 heavy (non-hydrogen) atoms. The zero-order valence-electron chi connectivity index (χ0n) is 16.6. The summed E-state index contributed by atoms with van der Waals surface area (Å²) in [5, 5.41) is 10.2. The second-order valence-electron chi connectivity index (χ2n) is 7.08. The third-order valence-corrected chi connectivity index (χ3v) is 4.83. The van der Waals surface area contributed by atoms with Gasteiger partial charge in [0, 0.05) is 6.20 Å². The molecule has 1 aromatic carbocycles. The Bertz CT molecular complexity index is 730. The van der Waals surface area contributed by atoms with Gasteiger partial charge in [-0.3, -0.25) is 4.79 Å². The number of hydrogen-bond donors (Lipinski definition) is 3. The third-order valence-electron chi connectivity index (χ3n) is 4.83. The number of carbonyl (C=O) groups excluding carboxylic acids is 1. The SMILES string of the molecule is C[C@H](O)[C@@H](CCc1ccccc1OCCCCCCN)n1cnc(C(N)=O)c1. The van der Waals surface area contributed by atoms with Crippen molar-refractivity contribution in [1.82, 2.24) is 9.55 Å². The Kier molecular flexibility index (Phi) is 8.97. The number of unbranched alkanes of at least 4 members (excludes halogenated alkanes) is 3. The highest BCUT2D eigenvalue weighted by atomic mass is 16.5. The summed E-state index contributed by atoms with van der Waals surface area (Å²) in [7, 11) is 0. The van der Waals surface area contributed by atoms with Gasteiger partial charge in [0.15, 0.2) is 0 Å². The van der Waals surface area contributed by atoms with Gasteiger partial charge < -0.3 is 25.9 Å². The van der Waals surface area contributed by atoms with Gasteiger partial charge in [0.2, 0.25) is 0 Å². The van der Waals surface area contributed by atoms with E-state index < -0.39 is 12.0 Å². The van der Waals surface area contributed by atoms with Crippen molar-refractivity contribution in [2.24, 2.45) is 11.5 Å². The molecule has 0 aliphatic carbocycles. The lowest BCUT2D eigenvalue weighted by Crippen LogP contribution is -2.21. The molecule has 1 aromatic heterocycles. The molecule has 0 spiro atoms. The number of rotatable bonds is 13. The number of aromatic nitrogens is 2. The van der Waals surface area contributed by atoms with Gasteiger partial charge >= 0.3 is 0 Å². The summed E-state index contributed by atoms with van der Waals surface area (Å²) in [5.41, 5.74) is 12.1. The number of carbonyl (C=O) groups is 1. The molecule has 0 fully saturated rings. The van der Waals surface area contributed by atoms with Crippen LogP contribution in [-0.2, 0) is 6.42 Å². The van der Waals surface area contributed by atoms with Gasteiger partial charge in [0.25, 0.3) is 5.91 Å². The first kappa shape index (κ1) is 21.9. The van der Waals surface area contributed by atoms with Crippen LogP contribution in [0.15, 0.2) is 36.8 Å². The number of amides is 1. The zero-order chi connectivity index (χ0) is 20.4. The van der Waals surface area contributed by atoms with Crippen molar-refractivity contribution in [3.63, 3.8) is 0 Å². The normalized spacial score (nSPS) is 13.2. The predicted octanol–water partition coefficient (Wildman–Crippen LogP) is 2.43. The zero-order valence-corrected chi connectivity index (χ0v) is 16.6. The Morgan fingerprint density at radius 2 is 2.00 bits per heavy atom. The van der Waals surface area contributed by atoms with E-state index in [0.29, 0.717) is 13.0 Å². The van der Waals surface area contributed by atoms with Crippen LogP contribution in [0.3, 0.4) is 0 Å². The van der Waals surface area contributed by atoms with E-state index in [2.05, 4.69) is 4.98 Å². The minimum atomic E-state index is -0.592. The van der Waals surface area contributed by atoms with Crippen LogP contribution in [-0.4, -0.2) is 39.8 Å². The van der Waals surface area contributed by atoms with Crippen molar-refractivity contribution in [1.29, 1.82) is 0 Å². The highest BCUT2D eigenvalue weighted by Crippen LogP contribution is 2.25. The van der Waals surface area contributed by atoms with Gasteiger partial charge in [0.05, 0.1) is 25.1 Å². The average Bonchev–Trinajstić information content (AvgIpc) is 3.15. The topological polar surface area (TPSA) is 116 Å². The van der Waals surface area contributed by atoms with Crippen LogP contribution >= 0.6 is 0 Å². The van der Waals surface area contributed by atoms with Gasteiger partial charge in [-0.15, -0.1) is 0 Å². The fourth-order valence-electron chi connectivity index (χ4n) is 3.22.